The highest BCUT2D eigenvalue weighted by atomic mass is 79.9. The number of hydrogen-bond donors (Lipinski definition) is 1. The average Bonchev–Trinajstić information content (AvgIpc) is 2.41. The number of nitrogens with zero attached hydrogens (tertiary/aromatic N) is 1. The minimum atomic E-state index is -0.523. The van der Waals surface area contributed by atoms with E-state index >= 15 is 0 Å². The van der Waals surface area contributed by atoms with E-state index in [1.165, 1.54) is 0 Å². The lowest BCUT2D eigenvalue weighted by Gasteiger charge is -2.10. The van der Waals surface area contributed by atoms with E-state index in [2.05, 4.69) is 26.2 Å². The number of anilines is 1. The van der Waals surface area contributed by atoms with Crippen LogP contribution in [0.3, 0.4) is 0 Å². The predicted octanol–water partition coefficient (Wildman–Crippen LogP) is 4.54. The molecule has 0 aliphatic rings. The maximum Gasteiger partial charge on any atom is 0.362 e. The number of hydrogen-bond acceptors (Lipinski definition) is 4. The van der Waals surface area contributed by atoms with Crippen molar-refractivity contribution in [1.29, 1.82) is 0 Å². The summed E-state index contributed by atoms with van der Waals surface area (Å²) in [6, 6.07) is 10.3. The fraction of sp³-hybridized carbons (Fsp3) is 0.200. The third kappa shape index (κ3) is 4.44. The first-order valence-corrected chi connectivity index (χ1v) is 7.53. The highest BCUT2D eigenvalue weighted by Gasteiger charge is 2.13. The van der Waals surface area contributed by atoms with Crippen molar-refractivity contribution in [3.05, 3.63) is 51.6 Å². The predicted molar refractivity (Wildman–Crippen MR) is 87.1 cm³/mol. The standard InChI is InChI=1S/C15H14BrClN2O2/c1-9(2)18-14-5-3-4-12(19-14)15(20)21-13-7-6-10(17)8-11(13)16/h3-9H,1-2H3,(H,18,19). The molecule has 6 heteroatoms. The Bertz CT molecular complexity index is 662. The van der Waals surface area contributed by atoms with Gasteiger partial charge in [-0.15, -0.1) is 0 Å². The Kier molecular flexibility index (Phi) is 5.20. The molecule has 2 rings (SSSR count). The quantitative estimate of drug-likeness (QED) is 0.635. The minimum Gasteiger partial charge on any atom is -0.421 e. The molecule has 0 saturated carbocycles. The van der Waals surface area contributed by atoms with Gasteiger partial charge in [0.1, 0.15) is 11.6 Å². The Morgan fingerprint density at radius 2 is 2.10 bits per heavy atom. The summed E-state index contributed by atoms with van der Waals surface area (Å²) in [6.45, 7) is 4.00. The van der Waals surface area contributed by atoms with Crippen LogP contribution < -0.4 is 10.1 Å². The fourth-order valence-electron chi connectivity index (χ4n) is 1.63. The lowest BCUT2D eigenvalue weighted by molar-refractivity contribution is 0.0727. The van der Waals surface area contributed by atoms with Gasteiger partial charge >= 0.3 is 5.97 Å². The van der Waals surface area contributed by atoms with Gasteiger partial charge in [0.25, 0.3) is 0 Å². The summed E-state index contributed by atoms with van der Waals surface area (Å²) in [5.74, 6) is 0.508. The largest absolute Gasteiger partial charge is 0.421 e. The summed E-state index contributed by atoms with van der Waals surface area (Å²) in [6.07, 6.45) is 0. The second-order valence-corrected chi connectivity index (χ2v) is 5.96. The Hall–Kier alpha value is -1.59. The van der Waals surface area contributed by atoms with Gasteiger partial charge < -0.3 is 10.1 Å². The van der Waals surface area contributed by atoms with E-state index in [9.17, 15) is 4.79 Å². The van der Waals surface area contributed by atoms with Crippen molar-refractivity contribution < 1.29 is 9.53 Å². The molecular formula is C15H14BrClN2O2. The molecule has 1 heterocycles. The maximum absolute atomic E-state index is 12.1. The zero-order chi connectivity index (χ0) is 15.4. The molecule has 0 atom stereocenters. The molecule has 0 unspecified atom stereocenters. The summed E-state index contributed by atoms with van der Waals surface area (Å²) in [5, 5.41) is 3.70. The normalized spacial score (nSPS) is 10.5. The summed E-state index contributed by atoms with van der Waals surface area (Å²) >= 11 is 9.15. The molecule has 110 valence electrons. The van der Waals surface area contributed by atoms with Crippen molar-refractivity contribution in [2.75, 3.05) is 5.32 Å². The molecule has 1 aromatic carbocycles. The van der Waals surface area contributed by atoms with E-state index in [0.29, 0.717) is 21.1 Å². The molecule has 0 aliphatic carbocycles. The van der Waals surface area contributed by atoms with Crippen LogP contribution in [0.15, 0.2) is 40.9 Å². The molecule has 2 aromatic rings. The van der Waals surface area contributed by atoms with Crippen LogP contribution in [0.4, 0.5) is 5.82 Å². The zero-order valence-corrected chi connectivity index (χ0v) is 13.9. The number of benzene rings is 1. The van der Waals surface area contributed by atoms with Crippen molar-refractivity contribution in [1.82, 2.24) is 4.98 Å². The monoisotopic (exact) mass is 368 g/mol. The Morgan fingerprint density at radius 1 is 1.33 bits per heavy atom. The van der Waals surface area contributed by atoms with Crippen molar-refractivity contribution in [3.63, 3.8) is 0 Å². The molecule has 21 heavy (non-hydrogen) atoms. The van der Waals surface area contributed by atoms with E-state index in [4.69, 9.17) is 16.3 Å². The van der Waals surface area contributed by atoms with E-state index in [-0.39, 0.29) is 11.7 Å². The Balaban J connectivity index is 2.16. The molecule has 0 bridgehead atoms. The summed E-state index contributed by atoms with van der Waals surface area (Å²) < 4.78 is 5.92. The average molecular weight is 370 g/mol. The number of halogens is 2. The van der Waals surface area contributed by atoms with Gasteiger partial charge in [-0.25, -0.2) is 9.78 Å². The van der Waals surface area contributed by atoms with E-state index in [0.717, 1.165) is 0 Å². The van der Waals surface area contributed by atoms with Crippen molar-refractivity contribution in [2.24, 2.45) is 0 Å². The number of aromatic nitrogens is 1. The van der Waals surface area contributed by atoms with Crippen LogP contribution in [0.1, 0.15) is 24.3 Å². The highest BCUT2D eigenvalue weighted by molar-refractivity contribution is 9.10. The van der Waals surface area contributed by atoms with Crippen LogP contribution in [0, 0.1) is 0 Å². The number of pyridine rings is 1. The van der Waals surface area contributed by atoms with Crippen molar-refractivity contribution in [3.8, 4) is 5.75 Å². The highest BCUT2D eigenvalue weighted by Crippen LogP contribution is 2.28. The van der Waals surface area contributed by atoms with Gasteiger partial charge in [0, 0.05) is 11.1 Å². The molecule has 0 aliphatic heterocycles. The van der Waals surface area contributed by atoms with Crippen LogP contribution in [-0.4, -0.2) is 17.0 Å². The number of ether oxygens (including phenoxy) is 1. The van der Waals surface area contributed by atoms with Crippen LogP contribution in [0.2, 0.25) is 5.02 Å². The van der Waals surface area contributed by atoms with Crippen LogP contribution in [-0.2, 0) is 0 Å². The lowest BCUT2D eigenvalue weighted by Crippen LogP contribution is -2.15. The number of esters is 1. The van der Waals surface area contributed by atoms with Crippen LogP contribution in [0.25, 0.3) is 0 Å². The number of nitrogens with one attached hydrogen (secondary N) is 1. The molecule has 0 radical (unpaired) electrons. The van der Waals surface area contributed by atoms with Gasteiger partial charge in [-0.2, -0.15) is 0 Å². The summed E-state index contributed by atoms with van der Waals surface area (Å²) in [7, 11) is 0. The maximum atomic E-state index is 12.1. The van der Waals surface area contributed by atoms with Crippen LogP contribution >= 0.6 is 27.5 Å². The third-order valence-corrected chi connectivity index (χ3v) is 3.35. The van der Waals surface area contributed by atoms with Gasteiger partial charge in [-0.1, -0.05) is 17.7 Å². The first-order valence-electron chi connectivity index (χ1n) is 6.36. The van der Waals surface area contributed by atoms with Gasteiger partial charge in [0.15, 0.2) is 5.69 Å². The van der Waals surface area contributed by atoms with E-state index in [1.54, 1.807) is 36.4 Å². The third-order valence-electron chi connectivity index (χ3n) is 2.49. The van der Waals surface area contributed by atoms with Gasteiger partial charge in [-0.3, -0.25) is 0 Å². The first-order chi connectivity index (χ1) is 9.95. The van der Waals surface area contributed by atoms with Gasteiger partial charge in [0.2, 0.25) is 0 Å². The molecule has 0 spiro atoms. The second-order valence-electron chi connectivity index (χ2n) is 4.67. The van der Waals surface area contributed by atoms with Gasteiger partial charge in [0.05, 0.1) is 4.47 Å². The Labute approximate surface area is 136 Å². The number of rotatable bonds is 4. The molecule has 0 saturated heterocycles. The molecule has 4 nitrogen and oxygen atoms in total. The summed E-state index contributed by atoms with van der Waals surface area (Å²) in [5.41, 5.74) is 0.238. The summed E-state index contributed by atoms with van der Waals surface area (Å²) in [4.78, 5) is 16.4. The molecule has 0 amide bonds. The molecular weight excluding hydrogens is 356 g/mol. The molecule has 1 aromatic heterocycles. The van der Waals surface area contributed by atoms with Gasteiger partial charge in [-0.05, 0) is 60.1 Å². The van der Waals surface area contributed by atoms with Crippen LogP contribution in [0.5, 0.6) is 5.75 Å². The van der Waals surface area contributed by atoms with E-state index < -0.39 is 5.97 Å². The van der Waals surface area contributed by atoms with E-state index in [1.807, 2.05) is 13.8 Å². The fourth-order valence-corrected chi connectivity index (χ4v) is 2.40. The molecule has 1 N–H and O–H groups in total. The van der Waals surface area contributed by atoms with Crippen molar-refractivity contribution in [2.45, 2.75) is 19.9 Å². The SMILES string of the molecule is CC(C)Nc1cccc(C(=O)Oc2ccc(Cl)cc2Br)n1. The first kappa shape index (κ1) is 15.8. The molecule has 0 fully saturated rings. The number of carbonyl (C=O) groups is 1. The van der Waals surface area contributed by atoms with Crippen molar-refractivity contribution >= 4 is 39.3 Å². The lowest BCUT2D eigenvalue weighted by atomic mass is 10.3. The smallest absolute Gasteiger partial charge is 0.362 e. The minimum absolute atomic E-state index is 0.231. The Morgan fingerprint density at radius 3 is 2.76 bits per heavy atom. The zero-order valence-electron chi connectivity index (χ0n) is 11.6. The number of carbonyl (C=O) groups excluding carboxylic acids is 1. The topological polar surface area (TPSA) is 51.2 Å². The second kappa shape index (κ2) is 6.91.